The Bertz CT molecular complexity index is 555. The van der Waals surface area contributed by atoms with Gasteiger partial charge in [0.25, 0.3) is 0 Å². The van der Waals surface area contributed by atoms with E-state index in [2.05, 4.69) is 65.4 Å². The molecule has 0 fully saturated rings. The Morgan fingerprint density at radius 1 is 1.24 bits per heavy atom. The number of likely N-dealkylation sites (N-methyl/N-ethyl adjacent to an activating group) is 1. The summed E-state index contributed by atoms with van der Waals surface area (Å²) in [7, 11) is 0. The number of ether oxygens (including phenoxy) is 1. The minimum absolute atomic E-state index is 0.325. The Morgan fingerprint density at radius 3 is 2.76 bits per heavy atom. The van der Waals surface area contributed by atoms with E-state index in [9.17, 15) is 0 Å². The van der Waals surface area contributed by atoms with Gasteiger partial charge < -0.3 is 10.1 Å². The molecule has 21 heavy (non-hydrogen) atoms. The summed E-state index contributed by atoms with van der Waals surface area (Å²) in [6, 6.07) is 13.1. The molecule has 0 bridgehead atoms. The molecule has 0 spiro atoms. The third kappa shape index (κ3) is 5.13. The van der Waals surface area contributed by atoms with Gasteiger partial charge in [-0.05, 0) is 58.7 Å². The van der Waals surface area contributed by atoms with Gasteiger partial charge in [-0.2, -0.15) is 0 Å². The molecule has 2 nitrogen and oxygen atoms in total. The molecular formula is C17H22BrNOS. The first-order valence-corrected chi connectivity index (χ1v) is 9.04. The van der Waals surface area contributed by atoms with E-state index in [-0.39, 0.29) is 0 Å². The van der Waals surface area contributed by atoms with Gasteiger partial charge in [-0.15, -0.1) is 11.3 Å². The molecule has 0 aliphatic carbocycles. The van der Waals surface area contributed by atoms with Crippen LogP contribution in [0, 0.1) is 0 Å². The lowest BCUT2D eigenvalue weighted by Gasteiger charge is -2.18. The van der Waals surface area contributed by atoms with Gasteiger partial charge in [0.1, 0.15) is 5.75 Å². The molecule has 1 heterocycles. The minimum Gasteiger partial charge on any atom is -0.494 e. The van der Waals surface area contributed by atoms with Crippen LogP contribution in [0.15, 0.2) is 40.2 Å². The van der Waals surface area contributed by atoms with E-state index < -0.39 is 0 Å². The predicted octanol–water partition coefficient (Wildman–Crippen LogP) is 5.19. The highest BCUT2D eigenvalue weighted by Crippen LogP contribution is 2.28. The fourth-order valence-electron chi connectivity index (χ4n) is 2.26. The van der Waals surface area contributed by atoms with Gasteiger partial charge in [0.15, 0.2) is 0 Å². The Morgan fingerprint density at radius 2 is 2.10 bits per heavy atom. The lowest BCUT2D eigenvalue weighted by atomic mass is 10.0. The Balaban J connectivity index is 2.13. The van der Waals surface area contributed by atoms with E-state index in [4.69, 9.17) is 4.74 Å². The maximum atomic E-state index is 5.75. The van der Waals surface area contributed by atoms with Gasteiger partial charge in [-0.1, -0.05) is 26.0 Å². The summed E-state index contributed by atoms with van der Waals surface area (Å²) >= 11 is 5.34. The van der Waals surface area contributed by atoms with E-state index in [1.165, 1.54) is 14.2 Å². The number of hydrogen-bond donors (Lipinski definition) is 1. The van der Waals surface area contributed by atoms with Crippen molar-refractivity contribution in [1.82, 2.24) is 5.32 Å². The smallest absolute Gasteiger partial charge is 0.119 e. The normalized spacial score (nSPS) is 12.3. The van der Waals surface area contributed by atoms with Gasteiger partial charge in [0, 0.05) is 17.3 Å². The van der Waals surface area contributed by atoms with Crippen molar-refractivity contribution >= 4 is 27.3 Å². The lowest BCUT2D eigenvalue weighted by Crippen LogP contribution is -2.22. The van der Waals surface area contributed by atoms with Crippen LogP contribution >= 0.6 is 27.3 Å². The van der Waals surface area contributed by atoms with Gasteiger partial charge in [-0.25, -0.2) is 0 Å². The van der Waals surface area contributed by atoms with Crippen molar-refractivity contribution in [3.05, 3.63) is 50.6 Å². The fraction of sp³-hybridized carbons (Fsp3) is 0.412. The molecule has 1 N–H and O–H groups in total. The minimum atomic E-state index is 0.325. The van der Waals surface area contributed by atoms with E-state index in [1.54, 1.807) is 11.3 Å². The highest BCUT2D eigenvalue weighted by Gasteiger charge is 2.13. The van der Waals surface area contributed by atoms with Crippen LogP contribution in [-0.2, 0) is 6.42 Å². The molecule has 2 aromatic rings. The molecule has 0 radical (unpaired) electrons. The van der Waals surface area contributed by atoms with E-state index in [0.29, 0.717) is 6.04 Å². The average molecular weight is 368 g/mol. The molecule has 0 amide bonds. The molecule has 1 aromatic carbocycles. The lowest BCUT2D eigenvalue weighted by molar-refractivity contribution is 0.316. The number of halogens is 1. The van der Waals surface area contributed by atoms with Gasteiger partial charge in [-0.3, -0.25) is 0 Å². The maximum absolute atomic E-state index is 5.75. The quantitative estimate of drug-likeness (QED) is 0.692. The molecule has 2 rings (SSSR count). The molecule has 1 unspecified atom stereocenters. The number of benzene rings is 1. The predicted molar refractivity (Wildman–Crippen MR) is 94.4 cm³/mol. The molecule has 4 heteroatoms. The molecular weight excluding hydrogens is 346 g/mol. The third-order valence-electron chi connectivity index (χ3n) is 3.22. The van der Waals surface area contributed by atoms with Crippen molar-refractivity contribution in [1.29, 1.82) is 0 Å². The second kappa shape index (κ2) is 8.57. The van der Waals surface area contributed by atoms with Gasteiger partial charge in [0.05, 0.1) is 10.4 Å². The first-order chi connectivity index (χ1) is 10.2. The topological polar surface area (TPSA) is 21.3 Å². The van der Waals surface area contributed by atoms with Crippen LogP contribution in [0.1, 0.15) is 36.8 Å². The van der Waals surface area contributed by atoms with Crippen LogP contribution in [0.5, 0.6) is 5.75 Å². The Kier molecular flexibility index (Phi) is 6.74. The fourth-order valence-corrected chi connectivity index (χ4v) is 3.79. The summed E-state index contributed by atoms with van der Waals surface area (Å²) < 4.78 is 6.93. The van der Waals surface area contributed by atoms with Crippen LogP contribution in [0.4, 0.5) is 0 Å². The number of nitrogens with one attached hydrogen (secondary N) is 1. The first kappa shape index (κ1) is 16.5. The highest BCUT2D eigenvalue weighted by atomic mass is 79.9. The SMILES string of the molecule is CCCOc1cccc(C(Cc2ccc(Br)s2)NCC)c1. The number of rotatable bonds is 8. The standard InChI is InChI=1S/C17H22BrNOS/c1-3-10-20-14-7-5-6-13(11-14)16(19-4-2)12-15-8-9-17(18)21-15/h5-9,11,16,19H,3-4,10,12H2,1-2H3. The summed E-state index contributed by atoms with van der Waals surface area (Å²) in [5.41, 5.74) is 1.29. The van der Waals surface area contributed by atoms with Crippen molar-refractivity contribution in [2.75, 3.05) is 13.2 Å². The number of hydrogen-bond acceptors (Lipinski definition) is 3. The zero-order valence-electron chi connectivity index (χ0n) is 12.6. The summed E-state index contributed by atoms with van der Waals surface area (Å²) in [6.07, 6.45) is 2.03. The van der Waals surface area contributed by atoms with Crippen LogP contribution < -0.4 is 10.1 Å². The first-order valence-electron chi connectivity index (χ1n) is 7.43. The van der Waals surface area contributed by atoms with Crippen molar-refractivity contribution in [2.45, 2.75) is 32.7 Å². The molecule has 0 aliphatic rings. The molecule has 0 saturated carbocycles. The molecule has 1 aromatic heterocycles. The summed E-state index contributed by atoms with van der Waals surface area (Å²) in [5, 5.41) is 3.58. The van der Waals surface area contributed by atoms with Crippen LogP contribution in [-0.4, -0.2) is 13.2 Å². The highest BCUT2D eigenvalue weighted by molar-refractivity contribution is 9.11. The van der Waals surface area contributed by atoms with Crippen molar-refractivity contribution < 1.29 is 4.74 Å². The van der Waals surface area contributed by atoms with Crippen molar-refractivity contribution in [3.63, 3.8) is 0 Å². The molecule has 114 valence electrons. The zero-order valence-corrected chi connectivity index (χ0v) is 15.0. The Hall–Kier alpha value is -0.840. The monoisotopic (exact) mass is 367 g/mol. The van der Waals surface area contributed by atoms with Crippen molar-refractivity contribution in [2.24, 2.45) is 0 Å². The summed E-state index contributed by atoms with van der Waals surface area (Å²) in [6.45, 7) is 6.00. The van der Waals surface area contributed by atoms with Gasteiger partial charge in [0.2, 0.25) is 0 Å². The van der Waals surface area contributed by atoms with Crippen LogP contribution in [0.2, 0.25) is 0 Å². The molecule has 0 aliphatic heterocycles. The average Bonchev–Trinajstić information content (AvgIpc) is 2.90. The maximum Gasteiger partial charge on any atom is 0.119 e. The Labute approximate surface area is 139 Å². The van der Waals surface area contributed by atoms with Crippen LogP contribution in [0.3, 0.4) is 0 Å². The second-order valence-corrected chi connectivity index (χ2v) is 7.49. The van der Waals surface area contributed by atoms with E-state index >= 15 is 0 Å². The van der Waals surface area contributed by atoms with E-state index in [1.807, 2.05) is 6.07 Å². The number of thiophene rings is 1. The molecule has 0 saturated heterocycles. The largest absolute Gasteiger partial charge is 0.494 e. The van der Waals surface area contributed by atoms with Crippen molar-refractivity contribution in [3.8, 4) is 5.75 Å². The third-order valence-corrected chi connectivity index (χ3v) is 4.86. The van der Waals surface area contributed by atoms with E-state index in [0.717, 1.165) is 31.7 Å². The van der Waals surface area contributed by atoms with Crippen LogP contribution in [0.25, 0.3) is 0 Å². The van der Waals surface area contributed by atoms with Gasteiger partial charge >= 0.3 is 0 Å². The second-order valence-electron chi connectivity index (χ2n) is 4.94. The summed E-state index contributed by atoms with van der Waals surface area (Å²) in [5.74, 6) is 0.963. The summed E-state index contributed by atoms with van der Waals surface area (Å²) in [4.78, 5) is 1.38. The molecule has 1 atom stereocenters. The zero-order chi connectivity index (χ0) is 15.1.